The van der Waals surface area contributed by atoms with E-state index < -0.39 is 5.97 Å². The number of methoxy groups -OCH3 is 2. The Morgan fingerprint density at radius 2 is 1.68 bits per heavy atom. The SMILES string of the molecule is COc1ccc(C(=O)NN=Cc2ccc(OC(=O)c3cccc(Br)c3)c(OC)c2)cc1. The number of hydrogen-bond acceptors (Lipinski definition) is 6. The summed E-state index contributed by atoms with van der Waals surface area (Å²) in [6.07, 6.45) is 1.46. The van der Waals surface area contributed by atoms with Gasteiger partial charge in [0, 0.05) is 10.0 Å². The summed E-state index contributed by atoms with van der Waals surface area (Å²) in [4.78, 5) is 24.5. The molecule has 1 amide bonds. The molecule has 7 nitrogen and oxygen atoms in total. The zero-order chi connectivity index (χ0) is 22.2. The highest BCUT2D eigenvalue weighted by Gasteiger charge is 2.13. The number of ether oxygens (including phenoxy) is 3. The van der Waals surface area contributed by atoms with Gasteiger partial charge in [0.15, 0.2) is 11.5 Å². The molecule has 8 heteroatoms. The largest absolute Gasteiger partial charge is 0.497 e. The molecule has 0 unspecified atom stereocenters. The van der Waals surface area contributed by atoms with Gasteiger partial charge in [-0.25, -0.2) is 10.2 Å². The molecule has 0 aromatic heterocycles. The lowest BCUT2D eigenvalue weighted by Gasteiger charge is -2.10. The molecule has 3 aromatic rings. The molecule has 0 saturated carbocycles. The third-order valence-corrected chi connectivity index (χ3v) is 4.68. The number of hydrogen-bond donors (Lipinski definition) is 1. The second-order valence-electron chi connectivity index (χ2n) is 6.24. The molecule has 0 bridgehead atoms. The summed E-state index contributed by atoms with van der Waals surface area (Å²) in [6, 6.07) is 18.5. The number of rotatable bonds is 7. The van der Waals surface area contributed by atoms with Gasteiger partial charge in [-0.15, -0.1) is 0 Å². The fourth-order valence-corrected chi connectivity index (χ4v) is 2.99. The van der Waals surface area contributed by atoms with Crippen LogP contribution < -0.4 is 19.6 Å². The third kappa shape index (κ3) is 5.93. The zero-order valence-electron chi connectivity index (χ0n) is 16.8. The molecule has 3 aromatic carbocycles. The van der Waals surface area contributed by atoms with Gasteiger partial charge in [0.05, 0.1) is 26.0 Å². The molecule has 31 heavy (non-hydrogen) atoms. The van der Waals surface area contributed by atoms with E-state index in [0.29, 0.717) is 28.2 Å². The molecule has 0 saturated heterocycles. The molecular formula is C23H19BrN2O5. The predicted molar refractivity (Wildman–Crippen MR) is 120 cm³/mol. The summed E-state index contributed by atoms with van der Waals surface area (Å²) < 4.78 is 16.6. The maximum atomic E-state index is 12.4. The van der Waals surface area contributed by atoms with Gasteiger partial charge in [0.2, 0.25) is 0 Å². The van der Waals surface area contributed by atoms with E-state index in [1.54, 1.807) is 67.8 Å². The third-order valence-electron chi connectivity index (χ3n) is 4.18. The van der Waals surface area contributed by atoms with Crippen LogP contribution in [0.1, 0.15) is 26.3 Å². The highest BCUT2D eigenvalue weighted by Crippen LogP contribution is 2.28. The Morgan fingerprint density at radius 3 is 2.35 bits per heavy atom. The Morgan fingerprint density at radius 1 is 0.903 bits per heavy atom. The summed E-state index contributed by atoms with van der Waals surface area (Å²) >= 11 is 3.33. The first-order valence-electron chi connectivity index (χ1n) is 9.13. The standard InChI is InChI=1S/C23H19BrN2O5/c1-29-19-9-7-16(8-10-19)22(27)26-25-14-15-6-11-20(21(12-15)30-2)31-23(28)17-4-3-5-18(24)13-17/h3-14H,1-2H3,(H,26,27). The number of esters is 1. The smallest absolute Gasteiger partial charge is 0.343 e. The first-order chi connectivity index (χ1) is 15.0. The number of halogens is 1. The van der Waals surface area contributed by atoms with Gasteiger partial charge < -0.3 is 14.2 Å². The second-order valence-corrected chi connectivity index (χ2v) is 7.15. The van der Waals surface area contributed by atoms with Crippen molar-refractivity contribution in [1.82, 2.24) is 5.43 Å². The number of hydrazone groups is 1. The summed E-state index contributed by atoms with van der Waals surface area (Å²) in [5, 5.41) is 3.96. The van der Waals surface area contributed by atoms with Crippen LogP contribution in [0.3, 0.4) is 0 Å². The Balaban J connectivity index is 1.66. The van der Waals surface area contributed by atoms with Gasteiger partial charge in [-0.05, 0) is 66.2 Å². The van der Waals surface area contributed by atoms with E-state index in [1.807, 2.05) is 6.07 Å². The van der Waals surface area contributed by atoms with Crippen molar-refractivity contribution < 1.29 is 23.8 Å². The normalized spacial score (nSPS) is 10.5. The van der Waals surface area contributed by atoms with Crippen molar-refractivity contribution in [3.8, 4) is 17.2 Å². The number of benzene rings is 3. The molecule has 158 valence electrons. The van der Waals surface area contributed by atoms with Crippen molar-refractivity contribution in [3.63, 3.8) is 0 Å². The van der Waals surface area contributed by atoms with E-state index in [4.69, 9.17) is 14.2 Å². The molecule has 1 N–H and O–H groups in total. The summed E-state index contributed by atoms with van der Waals surface area (Å²) in [5.74, 6) is 0.423. The molecule has 3 rings (SSSR count). The van der Waals surface area contributed by atoms with Crippen molar-refractivity contribution in [2.24, 2.45) is 5.10 Å². The molecule has 0 atom stereocenters. The predicted octanol–water partition coefficient (Wildman–Crippen LogP) is 4.45. The quantitative estimate of drug-likeness (QED) is 0.232. The maximum Gasteiger partial charge on any atom is 0.343 e. The molecule has 0 aliphatic carbocycles. The maximum absolute atomic E-state index is 12.4. The number of nitrogens with zero attached hydrogens (tertiary/aromatic N) is 1. The second kappa shape index (κ2) is 10.4. The van der Waals surface area contributed by atoms with Crippen LogP contribution in [0, 0.1) is 0 Å². The first kappa shape index (κ1) is 22.0. The van der Waals surface area contributed by atoms with Crippen molar-refractivity contribution in [2.45, 2.75) is 0 Å². The van der Waals surface area contributed by atoms with Gasteiger partial charge in [-0.2, -0.15) is 5.10 Å². The molecule has 0 aliphatic rings. The van der Waals surface area contributed by atoms with Gasteiger partial charge in [-0.1, -0.05) is 22.0 Å². The van der Waals surface area contributed by atoms with Crippen molar-refractivity contribution in [3.05, 3.63) is 87.9 Å². The fraction of sp³-hybridized carbons (Fsp3) is 0.0870. The first-order valence-corrected chi connectivity index (χ1v) is 9.92. The van der Waals surface area contributed by atoms with Crippen LogP contribution in [0.15, 0.2) is 76.3 Å². The lowest BCUT2D eigenvalue weighted by molar-refractivity contribution is 0.0729. The van der Waals surface area contributed by atoms with E-state index in [0.717, 1.165) is 4.47 Å². The minimum atomic E-state index is -0.507. The van der Waals surface area contributed by atoms with Crippen LogP contribution in [0.5, 0.6) is 17.2 Å². The number of amides is 1. The molecule has 0 heterocycles. The lowest BCUT2D eigenvalue weighted by Crippen LogP contribution is -2.17. The summed E-state index contributed by atoms with van der Waals surface area (Å²) in [6.45, 7) is 0. The van der Waals surface area contributed by atoms with Gasteiger partial charge in [0.1, 0.15) is 5.75 Å². The van der Waals surface area contributed by atoms with Gasteiger partial charge >= 0.3 is 5.97 Å². The van der Waals surface area contributed by atoms with Crippen molar-refractivity contribution >= 4 is 34.0 Å². The highest BCUT2D eigenvalue weighted by atomic mass is 79.9. The van der Waals surface area contributed by atoms with Crippen LogP contribution in [0.25, 0.3) is 0 Å². The fourth-order valence-electron chi connectivity index (χ4n) is 2.60. The van der Waals surface area contributed by atoms with E-state index in [1.165, 1.54) is 13.3 Å². The Labute approximate surface area is 187 Å². The van der Waals surface area contributed by atoms with E-state index >= 15 is 0 Å². The topological polar surface area (TPSA) is 86.2 Å². The van der Waals surface area contributed by atoms with Crippen LogP contribution in [0.2, 0.25) is 0 Å². The lowest BCUT2D eigenvalue weighted by atomic mass is 10.2. The Kier molecular flexibility index (Phi) is 7.40. The van der Waals surface area contributed by atoms with Gasteiger partial charge in [0.25, 0.3) is 5.91 Å². The zero-order valence-corrected chi connectivity index (χ0v) is 18.4. The van der Waals surface area contributed by atoms with Crippen LogP contribution in [-0.2, 0) is 0 Å². The number of carbonyl (C=O) groups is 2. The monoisotopic (exact) mass is 482 g/mol. The summed E-state index contributed by atoms with van der Waals surface area (Å²) in [7, 11) is 3.03. The van der Waals surface area contributed by atoms with Crippen LogP contribution in [-0.4, -0.2) is 32.3 Å². The van der Waals surface area contributed by atoms with E-state index in [9.17, 15) is 9.59 Å². The van der Waals surface area contributed by atoms with E-state index in [2.05, 4.69) is 26.5 Å². The van der Waals surface area contributed by atoms with Crippen molar-refractivity contribution in [2.75, 3.05) is 14.2 Å². The molecule has 0 radical (unpaired) electrons. The molecule has 0 spiro atoms. The minimum absolute atomic E-state index is 0.270. The van der Waals surface area contributed by atoms with Crippen LogP contribution >= 0.6 is 15.9 Å². The van der Waals surface area contributed by atoms with Crippen molar-refractivity contribution in [1.29, 1.82) is 0 Å². The van der Waals surface area contributed by atoms with E-state index in [-0.39, 0.29) is 11.7 Å². The van der Waals surface area contributed by atoms with Gasteiger partial charge in [-0.3, -0.25) is 4.79 Å². The Hall–Kier alpha value is -3.65. The molecule has 0 aliphatic heterocycles. The van der Waals surface area contributed by atoms with Crippen LogP contribution in [0.4, 0.5) is 0 Å². The summed E-state index contributed by atoms with van der Waals surface area (Å²) in [5.41, 5.74) is 3.96. The minimum Gasteiger partial charge on any atom is -0.497 e. The highest BCUT2D eigenvalue weighted by molar-refractivity contribution is 9.10. The number of nitrogens with one attached hydrogen (secondary N) is 1. The molecule has 0 fully saturated rings. The average Bonchev–Trinajstić information content (AvgIpc) is 2.79. The Bertz CT molecular complexity index is 1110. The average molecular weight is 483 g/mol. The number of carbonyl (C=O) groups excluding carboxylic acids is 2. The molecular weight excluding hydrogens is 464 g/mol.